The van der Waals surface area contributed by atoms with E-state index in [1.165, 1.54) is 7.11 Å². The van der Waals surface area contributed by atoms with Crippen LogP contribution in [0, 0.1) is 5.92 Å². The molecule has 0 spiro atoms. The van der Waals surface area contributed by atoms with Crippen molar-refractivity contribution < 1.29 is 9.53 Å². The van der Waals surface area contributed by atoms with Crippen LogP contribution in [0.3, 0.4) is 0 Å². The van der Waals surface area contributed by atoms with E-state index in [0.29, 0.717) is 23.2 Å². The molecule has 100 valence electrons. The molecule has 1 aromatic rings. The van der Waals surface area contributed by atoms with Crippen LogP contribution in [-0.2, 0) is 4.74 Å². The van der Waals surface area contributed by atoms with Gasteiger partial charge in [-0.3, -0.25) is 0 Å². The average molecular weight is 250 g/mol. The van der Waals surface area contributed by atoms with Crippen LogP contribution in [0.1, 0.15) is 37.6 Å². The van der Waals surface area contributed by atoms with E-state index in [1.807, 2.05) is 6.07 Å². The molecule has 0 amide bonds. The molecule has 0 aromatic heterocycles. The van der Waals surface area contributed by atoms with Gasteiger partial charge in [0.15, 0.2) is 0 Å². The summed E-state index contributed by atoms with van der Waals surface area (Å²) in [5.41, 5.74) is 7.49. The first-order chi connectivity index (χ1) is 8.49. The molecule has 0 radical (unpaired) electrons. The van der Waals surface area contributed by atoms with Gasteiger partial charge < -0.3 is 15.8 Å². The molecule has 18 heavy (non-hydrogen) atoms. The molecule has 0 aliphatic carbocycles. The summed E-state index contributed by atoms with van der Waals surface area (Å²) in [5.74, 6) is 0.114. The summed E-state index contributed by atoms with van der Waals surface area (Å²) >= 11 is 0. The van der Waals surface area contributed by atoms with Gasteiger partial charge in [-0.25, -0.2) is 4.79 Å². The molecule has 0 heterocycles. The minimum absolute atomic E-state index is 0.374. The minimum Gasteiger partial charge on any atom is -0.465 e. The number of rotatable bonds is 5. The predicted octanol–water partition coefficient (Wildman–Crippen LogP) is 2.90. The number of esters is 1. The van der Waals surface area contributed by atoms with E-state index in [9.17, 15) is 4.79 Å². The third-order valence-electron chi connectivity index (χ3n) is 3.06. The highest BCUT2D eigenvalue weighted by Gasteiger charge is 2.14. The van der Waals surface area contributed by atoms with Crippen molar-refractivity contribution >= 4 is 17.3 Å². The average Bonchev–Trinajstić information content (AvgIpc) is 2.36. The van der Waals surface area contributed by atoms with Gasteiger partial charge in [0.1, 0.15) is 0 Å². The van der Waals surface area contributed by atoms with Crippen molar-refractivity contribution in [2.45, 2.75) is 33.2 Å². The molecule has 0 bridgehead atoms. The molecule has 0 aliphatic rings. The van der Waals surface area contributed by atoms with Crippen molar-refractivity contribution in [1.82, 2.24) is 0 Å². The van der Waals surface area contributed by atoms with Crippen LogP contribution >= 0.6 is 0 Å². The van der Waals surface area contributed by atoms with Gasteiger partial charge in [-0.2, -0.15) is 0 Å². The van der Waals surface area contributed by atoms with Crippen molar-refractivity contribution in [3.05, 3.63) is 23.8 Å². The number of hydrogen-bond acceptors (Lipinski definition) is 4. The van der Waals surface area contributed by atoms with Crippen molar-refractivity contribution in [3.8, 4) is 0 Å². The molecule has 3 N–H and O–H groups in total. The summed E-state index contributed by atoms with van der Waals surface area (Å²) in [6.07, 6.45) is 1.02. The van der Waals surface area contributed by atoms with Crippen molar-refractivity contribution in [1.29, 1.82) is 0 Å². The zero-order valence-electron chi connectivity index (χ0n) is 11.5. The lowest BCUT2D eigenvalue weighted by atomic mass is 10.0. The van der Waals surface area contributed by atoms with E-state index in [2.05, 4.69) is 26.1 Å². The lowest BCUT2D eigenvalue weighted by Crippen LogP contribution is -2.24. The first kappa shape index (κ1) is 14.4. The Hall–Kier alpha value is -1.71. The fourth-order valence-electron chi connectivity index (χ4n) is 1.89. The highest BCUT2D eigenvalue weighted by molar-refractivity contribution is 5.96. The number of nitrogen functional groups attached to an aromatic ring is 1. The SMILES string of the molecule is CCC(Nc1ccc(N)c(C(=O)OC)c1)C(C)C. The summed E-state index contributed by atoms with van der Waals surface area (Å²) in [6, 6.07) is 5.72. The second-order valence-electron chi connectivity index (χ2n) is 4.70. The maximum absolute atomic E-state index is 11.5. The summed E-state index contributed by atoms with van der Waals surface area (Å²) < 4.78 is 4.70. The quantitative estimate of drug-likeness (QED) is 0.623. The first-order valence-corrected chi connectivity index (χ1v) is 6.24. The number of nitrogens with two attached hydrogens (primary N) is 1. The molecule has 1 rings (SSSR count). The molecule has 0 fully saturated rings. The third kappa shape index (κ3) is 3.39. The molecule has 0 aliphatic heterocycles. The number of carbonyl (C=O) groups is 1. The highest BCUT2D eigenvalue weighted by Crippen LogP contribution is 2.21. The van der Waals surface area contributed by atoms with Gasteiger partial charge in [-0.05, 0) is 30.5 Å². The first-order valence-electron chi connectivity index (χ1n) is 6.24. The number of anilines is 2. The topological polar surface area (TPSA) is 64.3 Å². The van der Waals surface area contributed by atoms with Crippen LogP contribution in [0.2, 0.25) is 0 Å². The summed E-state index contributed by atoms with van der Waals surface area (Å²) in [5, 5.41) is 3.41. The molecule has 4 heteroatoms. The van der Waals surface area contributed by atoms with Crippen LogP contribution in [-0.4, -0.2) is 19.1 Å². The van der Waals surface area contributed by atoms with Gasteiger partial charge in [0.25, 0.3) is 0 Å². The molecular formula is C14H22N2O2. The standard InChI is InChI=1S/C14H22N2O2/c1-5-13(9(2)3)16-10-6-7-12(15)11(8-10)14(17)18-4/h6-9,13,16H,5,15H2,1-4H3. The normalized spacial score (nSPS) is 12.3. The molecule has 4 nitrogen and oxygen atoms in total. The molecule has 1 aromatic carbocycles. The molecule has 0 saturated carbocycles. The van der Waals surface area contributed by atoms with E-state index in [-0.39, 0.29) is 0 Å². The van der Waals surface area contributed by atoms with Gasteiger partial charge in [-0.15, -0.1) is 0 Å². The number of methoxy groups -OCH3 is 1. The van der Waals surface area contributed by atoms with Gasteiger partial charge in [-0.1, -0.05) is 20.8 Å². The van der Waals surface area contributed by atoms with Crippen LogP contribution in [0.5, 0.6) is 0 Å². The van der Waals surface area contributed by atoms with E-state index < -0.39 is 5.97 Å². The Kier molecular flexibility index (Phi) is 5.01. The number of hydrogen-bond donors (Lipinski definition) is 2. The Labute approximate surface area is 109 Å². The Morgan fingerprint density at radius 1 is 1.44 bits per heavy atom. The fraction of sp³-hybridized carbons (Fsp3) is 0.500. The molecule has 0 saturated heterocycles. The second-order valence-corrected chi connectivity index (χ2v) is 4.70. The smallest absolute Gasteiger partial charge is 0.340 e. The summed E-state index contributed by atoms with van der Waals surface area (Å²) in [6.45, 7) is 6.47. The van der Waals surface area contributed by atoms with E-state index in [0.717, 1.165) is 12.1 Å². The molecule has 1 atom stereocenters. The molecule has 1 unspecified atom stereocenters. The maximum Gasteiger partial charge on any atom is 0.340 e. The van der Waals surface area contributed by atoms with Crippen LogP contribution in [0.4, 0.5) is 11.4 Å². The van der Waals surface area contributed by atoms with Crippen LogP contribution < -0.4 is 11.1 Å². The summed E-state index contributed by atoms with van der Waals surface area (Å²) in [7, 11) is 1.35. The lowest BCUT2D eigenvalue weighted by molar-refractivity contribution is 0.0602. The van der Waals surface area contributed by atoms with E-state index in [1.54, 1.807) is 12.1 Å². The zero-order chi connectivity index (χ0) is 13.7. The minimum atomic E-state index is -0.409. The monoisotopic (exact) mass is 250 g/mol. The van der Waals surface area contributed by atoms with Gasteiger partial charge in [0.05, 0.1) is 12.7 Å². The van der Waals surface area contributed by atoms with Gasteiger partial charge in [0, 0.05) is 17.4 Å². The maximum atomic E-state index is 11.5. The van der Waals surface area contributed by atoms with Crippen LogP contribution in [0.25, 0.3) is 0 Å². The number of nitrogens with one attached hydrogen (secondary N) is 1. The van der Waals surface area contributed by atoms with Crippen molar-refractivity contribution in [2.24, 2.45) is 5.92 Å². The molecular weight excluding hydrogens is 228 g/mol. The number of carbonyl (C=O) groups excluding carboxylic acids is 1. The van der Waals surface area contributed by atoms with Gasteiger partial charge >= 0.3 is 5.97 Å². The second kappa shape index (κ2) is 6.28. The van der Waals surface area contributed by atoms with E-state index in [4.69, 9.17) is 10.5 Å². The van der Waals surface area contributed by atoms with Crippen molar-refractivity contribution in [2.75, 3.05) is 18.2 Å². The Bertz CT molecular complexity index is 416. The predicted molar refractivity (Wildman–Crippen MR) is 74.7 cm³/mol. The number of ether oxygens (including phenoxy) is 1. The number of benzene rings is 1. The Morgan fingerprint density at radius 2 is 2.11 bits per heavy atom. The highest BCUT2D eigenvalue weighted by atomic mass is 16.5. The summed E-state index contributed by atoms with van der Waals surface area (Å²) in [4.78, 5) is 11.5. The third-order valence-corrected chi connectivity index (χ3v) is 3.06. The van der Waals surface area contributed by atoms with E-state index >= 15 is 0 Å². The Morgan fingerprint density at radius 3 is 2.61 bits per heavy atom. The Balaban J connectivity index is 2.94. The zero-order valence-corrected chi connectivity index (χ0v) is 11.5. The van der Waals surface area contributed by atoms with Crippen LogP contribution in [0.15, 0.2) is 18.2 Å². The largest absolute Gasteiger partial charge is 0.465 e. The fourth-order valence-corrected chi connectivity index (χ4v) is 1.89. The van der Waals surface area contributed by atoms with Crippen molar-refractivity contribution in [3.63, 3.8) is 0 Å². The van der Waals surface area contributed by atoms with Gasteiger partial charge in [0.2, 0.25) is 0 Å². The lowest BCUT2D eigenvalue weighted by Gasteiger charge is -2.22.